The fraction of sp³-hybridized carbons (Fsp3) is 0.462. The van der Waals surface area contributed by atoms with Crippen molar-refractivity contribution in [2.75, 3.05) is 32.4 Å². The molecule has 0 unspecified atom stereocenters. The quantitative estimate of drug-likeness (QED) is 0.888. The molecule has 0 bridgehead atoms. The Morgan fingerprint density at radius 3 is 2.43 bits per heavy atom. The van der Waals surface area contributed by atoms with Gasteiger partial charge in [0.1, 0.15) is 5.82 Å². The molecule has 0 atom stereocenters. The molecule has 1 N–H and O–H groups in total. The van der Waals surface area contributed by atoms with Crippen molar-refractivity contribution < 1.29 is 17.6 Å². The Morgan fingerprint density at radius 1 is 1.24 bits per heavy atom. The Hall–Kier alpha value is -1.67. The van der Waals surface area contributed by atoms with Crippen LogP contribution in [0.25, 0.3) is 0 Å². The highest BCUT2D eigenvalue weighted by Crippen LogP contribution is 2.08. The fourth-order valence-electron chi connectivity index (χ4n) is 2.15. The molecule has 6 nitrogen and oxygen atoms in total. The third kappa shape index (κ3) is 4.15. The van der Waals surface area contributed by atoms with Gasteiger partial charge in [0.2, 0.25) is 10.0 Å². The van der Waals surface area contributed by atoms with Crippen LogP contribution in [0.4, 0.5) is 9.18 Å². The maximum Gasteiger partial charge on any atom is 0.317 e. The van der Waals surface area contributed by atoms with E-state index < -0.39 is 10.0 Å². The van der Waals surface area contributed by atoms with E-state index in [9.17, 15) is 17.6 Å². The first-order chi connectivity index (χ1) is 9.88. The summed E-state index contributed by atoms with van der Waals surface area (Å²) in [5.74, 6) is -0.361. The molecule has 0 aromatic heterocycles. The molecule has 2 rings (SSSR count). The summed E-state index contributed by atoms with van der Waals surface area (Å²) in [6.07, 6.45) is 1.15. The number of carbonyl (C=O) groups is 1. The van der Waals surface area contributed by atoms with Gasteiger partial charge >= 0.3 is 6.03 Å². The normalized spacial score (nSPS) is 16.8. The number of hydrogen-bond donors (Lipinski definition) is 1. The summed E-state index contributed by atoms with van der Waals surface area (Å²) in [7, 11) is -3.21. The van der Waals surface area contributed by atoms with E-state index in [0.29, 0.717) is 18.7 Å². The minimum Gasteiger partial charge on any atom is -0.334 e. The second kappa shape index (κ2) is 6.40. The Morgan fingerprint density at radius 2 is 1.86 bits per heavy atom. The molecule has 2 amide bonds. The number of halogens is 1. The largest absolute Gasteiger partial charge is 0.334 e. The molecule has 1 heterocycles. The lowest BCUT2D eigenvalue weighted by Gasteiger charge is -2.33. The molecule has 1 saturated heterocycles. The predicted molar refractivity (Wildman–Crippen MR) is 76.6 cm³/mol. The molecule has 1 fully saturated rings. The van der Waals surface area contributed by atoms with Gasteiger partial charge in [-0.05, 0) is 6.07 Å². The molecule has 21 heavy (non-hydrogen) atoms. The van der Waals surface area contributed by atoms with Crippen molar-refractivity contribution in [2.24, 2.45) is 0 Å². The number of nitrogens with zero attached hydrogens (tertiary/aromatic N) is 2. The smallest absolute Gasteiger partial charge is 0.317 e. The Bertz CT molecular complexity index is 613. The molecule has 0 aliphatic carbocycles. The van der Waals surface area contributed by atoms with Crippen LogP contribution in [0.15, 0.2) is 24.3 Å². The maximum absolute atomic E-state index is 13.4. The van der Waals surface area contributed by atoms with Gasteiger partial charge in [0.05, 0.1) is 6.26 Å². The van der Waals surface area contributed by atoms with Gasteiger partial charge in [-0.15, -0.1) is 0 Å². The van der Waals surface area contributed by atoms with E-state index in [1.807, 2.05) is 0 Å². The number of urea groups is 1. The number of piperazine rings is 1. The lowest BCUT2D eigenvalue weighted by atomic mass is 10.2. The van der Waals surface area contributed by atoms with Crippen molar-refractivity contribution >= 4 is 16.1 Å². The Balaban J connectivity index is 1.84. The summed E-state index contributed by atoms with van der Waals surface area (Å²) in [6, 6.07) is 5.93. The zero-order chi connectivity index (χ0) is 15.5. The van der Waals surface area contributed by atoms with Crippen LogP contribution >= 0.6 is 0 Å². The minimum absolute atomic E-state index is 0.109. The number of amides is 2. The second-order valence-corrected chi connectivity index (χ2v) is 6.88. The van der Waals surface area contributed by atoms with E-state index in [0.717, 1.165) is 6.26 Å². The number of carbonyl (C=O) groups excluding carboxylic acids is 1. The second-order valence-electron chi connectivity index (χ2n) is 4.90. The zero-order valence-electron chi connectivity index (χ0n) is 11.8. The van der Waals surface area contributed by atoms with E-state index in [2.05, 4.69) is 5.32 Å². The minimum atomic E-state index is -3.21. The van der Waals surface area contributed by atoms with Crippen molar-refractivity contribution in [2.45, 2.75) is 6.54 Å². The lowest BCUT2D eigenvalue weighted by molar-refractivity contribution is 0.172. The van der Waals surface area contributed by atoms with Crippen LogP contribution in [0.3, 0.4) is 0 Å². The van der Waals surface area contributed by atoms with Crippen molar-refractivity contribution in [3.05, 3.63) is 35.6 Å². The summed E-state index contributed by atoms with van der Waals surface area (Å²) in [5.41, 5.74) is 0.417. The van der Waals surface area contributed by atoms with E-state index in [1.54, 1.807) is 18.2 Å². The van der Waals surface area contributed by atoms with Crippen molar-refractivity contribution in [3.8, 4) is 0 Å². The number of benzene rings is 1. The van der Waals surface area contributed by atoms with Crippen molar-refractivity contribution in [1.82, 2.24) is 14.5 Å². The van der Waals surface area contributed by atoms with Crippen LogP contribution in [-0.4, -0.2) is 56.1 Å². The van der Waals surface area contributed by atoms with Gasteiger partial charge in [-0.3, -0.25) is 0 Å². The lowest BCUT2D eigenvalue weighted by Crippen LogP contribution is -2.52. The molecular formula is C13H18FN3O3S. The Kier molecular flexibility index (Phi) is 4.79. The Labute approximate surface area is 123 Å². The molecule has 1 aliphatic heterocycles. The van der Waals surface area contributed by atoms with Gasteiger partial charge in [0, 0.05) is 38.3 Å². The highest BCUT2D eigenvalue weighted by Gasteiger charge is 2.25. The average Bonchev–Trinajstić information content (AvgIpc) is 2.45. The summed E-state index contributed by atoms with van der Waals surface area (Å²) in [4.78, 5) is 13.5. The first kappa shape index (κ1) is 15.7. The molecule has 0 radical (unpaired) electrons. The summed E-state index contributed by atoms with van der Waals surface area (Å²) < 4.78 is 37.5. The van der Waals surface area contributed by atoms with E-state index in [-0.39, 0.29) is 31.5 Å². The number of nitrogens with one attached hydrogen (secondary N) is 1. The third-order valence-electron chi connectivity index (χ3n) is 3.38. The van der Waals surface area contributed by atoms with E-state index in [1.165, 1.54) is 15.3 Å². The maximum atomic E-state index is 13.4. The SMILES string of the molecule is CS(=O)(=O)N1CCN(C(=O)NCc2ccccc2F)CC1. The molecule has 8 heteroatoms. The molecule has 1 aromatic carbocycles. The average molecular weight is 315 g/mol. The first-order valence-corrected chi connectivity index (χ1v) is 8.44. The molecular weight excluding hydrogens is 297 g/mol. The molecule has 0 spiro atoms. The van der Waals surface area contributed by atoms with Crippen LogP contribution in [0.1, 0.15) is 5.56 Å². The number of hydrogen-bond acceptors (Lipinski definition) is 3. The molecule has 116 valence electrons. The predicted octanol–water partition coefficient (Wildman–Crippen LogP) is 0.613. The number of sulfonamides is 1. The first-order valence-electron chi connectivity index (χ1n) is 6.59. The van der Waals surface area contributed by atoms with Crippen LogP contribution in [-0.2, 0) is 16.6 Å². The topological polar surface area (TPSA) is 69.7 Å². The van der Waals surface area contributed by atoms with Gasteiger partial charge in [-0.2, -0.15) is 4.31 Å². The fourth-order valence-corrected chi connectivity index (χ4v) is 2.97. The standard InChI is InChI=1S/C13H18FN3O3S/c1-21(19,20)17-8-6-16(7-9-17)13(18)15-10-11-4-2-3-5-12(11)14/h2-5H,6-10H2,1H3,(H,15,18). The zero-order valence-corrected chi connectivity index (χ0v) is 12.6. The summed E-state index contributed by atoms with van der Waals surface area (Å²) in [6.45, 7) is 1.34. The number of rotatable bonds is 3. The summed E-state index contributed by atoms with van der Waals surface area (Å²) in [5, 5.41) is 2.64. The van der Waals surface area contributed by atoms with Crippen LogP contribution in [0.5, 0.6) is 0 Å². The highest BCUT2D eigenvalue weighted by molar-refractivity contribution is 7.88. The van der Waals surface area contributed by atoms with E-state index in [4.69, 9.17) is 0 Å². The highest BCUT2D eigenvalue weighted by atomic mass is 32.2. The monoisotopic (exact) mass is 315 g/mol. The van der Waals surface area contributed by atoms with Crippen molar-refractivity contribution in [1.29, 1.82) is 0 Å². The van der Waals surface area contributed by atoms with Crippen molar-refractivity contribution in [3.63, 3.8) is 0 Å². The van der Waals surface area contributed by atoms with Gasteiger partial charge < -0.3 is 10.2 Å². The molecule has 1 aliphatic rings. The summed E-state index contributed by atoms with van der Waals surface area (Å²) >= 11 is 0. The molecule has 1 aromatic rings. The van der Waals surface area contributed by atoms with Crippen LogP contribution in [0, 0.1) is 5.82 Å². The van der Waals surface area contributed by atoms with E-state index >= 15 is 0 Å². The molecule has 0 saturated carbocycles. The van der Waals surface area contributed by atoms with Crippen LogP contribution < -0.4 is 5.32 Å². The van der Waals surface area contributed by atoms with Gasteiger partial charge in [0.15, 0.2) is 0 Å². The van der Waals surface area contributed by atoms with Gasteiger partial charge in [0.25, 0.3) is 0 Å². The third-order valence-corrected chi connectivity index (χ3v) is 4.69. The van der Waals surface area contributed by atoms with Gasteiger partial charge in [-0.1, -0.05) is 18.2 Å². The van der Waals surface area contributed by atoms with Gasteiger partial charge in [-0.25, -0.2) is 17.6 Å². The van der Waals surface area contributed by atoms with Crippen LogP contribution in [0.2, 0.25) is 0 Å².